The SMILES string of the molecule is Cc1ccc(/C=N/N2CCN(Cc3cccc4ccccc34)CC2)cc1. The minimum absolute atomic E-state index is 0.979. The topological polar surface area (TPSA) is 18.8 Å². The van der Waals surface area contributed by atoms with Crippen LogP contribution in [0.25, 0.3) is 10.8 Å². The van der Waals surface area contributed by atoms with Crippen molar-refractivity contribution >= 4 is 17.0 Å². The summed E-state index contributed by atoms with van der Waals surface area (Å²) in [6.07, 6.45) is 1.97. The summed E-state index contributed by atoms with van der Waals surface area (Å²) in [7, 11) is 0. The molecule has 0 spiro atoms. The van der Waals surface area contributed by atoms with Gasteiger partial charge in [-0.05, 0) is 28.8 Å². The average Bonchev–Trinajstić information content (AvgIpc) is 2.69. The number of hydrazone groups is 1. The molecule has 132 valence electrons. The summed E-state index contributed by atoms with van der Waals surface area (Å²) in [4.78, 5) is 2.53. The van der Waals surface area contributed by atoms with E-state index in [0.717, 1.165) is 38.3 Å². The van der Waals surface area contributed by atoms with Gasteiger partial charge in [-0.25, -0.2) is 0 Å². The van der Waals surface area contributed by atoms with Crippen LogP contribution in [0, 0.1) is 6.92 Å². The van der Waals surface area contributed by atoms with Gasteiger partial charge >= 0.3 is 0 Å². The lowest BCUT2D eigenvalue weighted by Crippen LogP contribution is -2.43. The third-order valence-corrected chi connectivity index (χ3v) is 5.07. The predicted molar refractivity (Wildman–Crippen MR) is 110 cm³/mol. The fourth-order valence-corrected chi connectivity index (χ4v) is 3.48. The summed E-state index contributed by atoms with van der Waals surface area (Å²) >= 11 is 0. The Bertz CT molecular complexity index is 885. The number of aryl methyl sites for hydroxylation is 1. The van der Waals surface area contributed by atoms with Gasteiger partial charge in [0.2, 0.25) is 0 Å². The Morgan fingerprint density at radius 2 is 1.58 bits per heavy atom. The molecule has 0 atom stereocenters. The lowest BCUT2D eigenvalue weighted by molar-refractivity contribution is 0.131. The van der Waals surface area contributed by atoms with E-state index in [1.54, 1.807) is 0 Å². The van der Waals surface area contributed by atoms with E-state index in [4.69, 9.17) is 0 Å². The molecule has 1 saturated heterocycles. The molecule has 0 N–H and O–H groups in total. The van der Waals surface area contributed by atoms with E-state index in [2.05, 4.69) is 88.7 Å². The Labute approximate surface area is 155 Å². The van der Waals surface area contributed by atoms with Crippen LogP contribution < -0.4 is 0 Å². The smallest absolute Gasteiger partial charge is 0.0542 e. The fraction of sp³-hybridized carbons (Fsp3) is 0.261. The molecule has 3 aromatic rings. The number of hydrogen-bond donors (Lipinski definition) is 0. The normalized spacial score (nSPS) is 15.8. The number of rotatable bonds is 4. The van der Waals surface area contributed by atoms with Gasteiger partial charge in [0, 0.05) is 32.7 Å². The summed E-state index contributed by atoms with van der Waals surface area (Å²) in [5.41, 5.74) is 3.86. The molecule has 0 amide bonds. The van der Waals surface area contributed by atoms with Gasteiger partial charge in [0.05, 0.1) is 6.21 Å². The second kappa shape index (κ2) is 7.71. The molecule has 0 saturated carbocycles. The fourth-order valence-electron chi connectivity index (χ4n) is 3.48. The molecule has 0 bridgehead atoms. The average molecular weight is 343 g/mol. The van der Waals surface area contributed by atoms with Crippen molar-refractivity contribution in [1.82, 2.24) is 9.91 Å². The second-order valence-electron chi connectivity index (χ2n) is 7.02. The van der Waals surface area contributed by atoms with E-state index in [-0.39, 0.29) is 0 Å². The highest BCUT2D eigenvalue weighted by Crippen LogP contribution is 2.20. The van der Waals surface area contributed by atoms with E-state index in [1.807, 2.05) is 6.21 Å². The van der Waals surface area contributed by atoms with E-state index >= 15 is 0 Å². The second-order valence-corrected chi connectivity index (χ2v) is 7.02. The highest BCUT2D eigenvalue weighted by Gasteiger charge is 2.16. The standard InChI is InChI=1S/C23H25N3/c1-19-9-11-20(12-10-19)17-24-26-15-13-25(14-16-26)18-22-7-4-6-21-5-2-3-8-23(21)22/h2-12,17H,13-16,18H2,1H3/b24-17+. The number of hydrogen-bond acceptors (Lipinski definition) is 3. The van der Waals surface area contributed by atoms with E-state index in [0.29, 0.717) is 0 Å². The molecule has 3 nitrogen and oxygen atoms in total. The van der Waals surface area contributed by atoms with Gasteiger partial charge < -0.3 is 0 Å². The minimum atomic E-state index is 0.979. The molecule has 3 heteroatoms. The third kappa shape index (κ3) is 3.94. The number of fused-ring (bicyclic) bond motifs is 1. The molecule has 26 heavy (non-hydrogen) atoms. The summed E-state index contributed by atoms with van der Waals surface area (Å²) in [6.45, 7) is 7.18. The number of benzene rings is 3. The number of piperazine rings is 1. The molecule has 1 heterocycles. The van der Waals surface area contributed by atoms with Crippen molar-refractivity contribution in [2.24, 2.45) is 5.10 Å². The molecule has 4 rings (SSSR count). The van der Waals surface area contributed by atoms with Crippen molar-refractivity contribution in [3.8, 4) is 0 Å². The quantitative estimate of drug-likeness (QED) is 0.658. The van der Waals surface area contributed by atoms with E-state index in [1.165, 1.54) is 21.9 Å². The Kier molecular flexibility index (Phi) is 4.98. The first-order valence-electron chi connectivity index (χ1n) is 9.32. The van der Waals surface area contributed by atoms with Crippen LogP contribution in [0.4, 0.5) is 0 Å². The zero-order valence-corrected chi connectivity index (χ0v) is 15.3. The van der Waals surface area contributed by atoms with Crippen LogP contribution in [0.5, 0.6) is 0 Å². The maximum Gasteiger partial charge on any atom is 0.0542 e. The van der Waals surface area contributed by atoms with Crippen LogP contribution in [0.15, 0.2) is 71.8 Å². The molecular formula is C23H25N3. The summed E-state index contributed by atoms with van der Waals surface area (Å²) in [6, 6.07) is 23.8. The first kappa shape index (κ1) is 16.8. The minimum Gasteiger partial charge on any atom is -0.295 e. The summed E-state index contributed by atoms with van der Waals surface area (Å²) in [5, 5.41) is 9.53. The zero-order valence-electron chi connectivity index (χ0n) is 15.3. The molecule has 0 aliphatic carbocycles. The van der Waals surface area contributed by atoms with Crippen LogP contribution in [0.3, 0.4) is 0 Å². The summed E-state index contributed by atoms with van der Waals surface area (Å²) in [5.74, 6) is 0. The first-order chi connectivity index (χ1) is 12.8. The van der Waals surface area contributed by atoms with Crippen molar-refractivity contribution in [1.29, 1.82) is 0 Å². The summed E-state index contributed by atoms with van der Waals surface area (Å²) < 4.78 is 0. The van der Waals surface area contributed by atoms with E-state index in [9.17, 15) is 0 Å². The molecule has 0 radical (unpaired) electrons. The Morgan fingerprint density at radius 1 is 0.846 bits per heavy atom. The van der Waals surface area contributed by atoms with Crippen molar-refractivity contribution in [3.05, 3.63) is 83.4 Å². The predicted octanol–water partition coefficient (Wildman–Crippen LogP) is 4.30. The monoisotopic (exact) mass is 343 g/mol. The van der Waals surface area contributed by atoms with Crippen LogP contribution in [0.2, 0.25) is 0 Å². The van der Waals surface area contributed by atoms with Gasteiger partial charge in [0.1, 0.15) is 0 Å². The van der Waals surface area contributed by atoms with Gasteiger partial charge in [-0.15, -0.1) is 0 Å². The maximum absolute atomic E-state index is 4.66. The van der Waals surface area contributed by atoms with Gasteiger partial charge in [-0.2, -0.15) is 5.10 Å². The van der Waals surface area contributed by atoms with Gasteiger partial charge in [-0.1, -0.05) is 72.3 Å². The van der Waals surface area contributed by atoms with E-state index < -0.39 is 0 Å². The first-order valence-corrected chi connectivity index (χ1v) is 9.32. The van der Waals surface area contributed by atoms with Crippen LogP contribution in [-0.2, 0) is 6.54 Å². The number of nitrogens with zero attached hydrogens (tertiary/aromatic N) is 3. The van der Waals surface area contributed by atoms with Gasteiger partial charge in [0.25, 0.3) is 0 Å². The highest BCUT2D eigenvalue weighted by atomic mass is 15.5. The largest absolute Gasteiger partial charge is 0.295 e. The van der Waals surface area contributed by atoms with Crippen LogP contribution in [-0.4, -0.2) is 42.3 Å². The Morgan fingerprint density at radius 3 is 2.38 bits per heavy atom. The zero-order chi connectivity index (χ0) is 17.8. The molecular weight excluding hydrogens is 318 g/mol. The van der Waals surface area contributed by atoms with Gasteiger partial charge in [0.15, 0.2) is 0 Å². The molecule has 1 aliphatic rings. The molecule has 1 aliphatic heterocycles. The lowest BCUT2D eigenvalue weighted by atomic mass is 10.0. The molecule has 1 fully saturated rings. The highest BCUT2D eigenvalue weighted by molar-refractivity contribution is 5.85. The van der Waals surface area contributed by atoms with Crippen molar-refractivity contribution in [2.45, 2.75) is 13.5 Å². The van der Waals surface area contributed by atoms with Gasteiger partial charge in [-0.3, -0.25) is 9.91 Å². The lowest BCUT2D eigenvalue weighted by Gasteiger charge is -2.33. The molecule has 3 aromatic carbocycles. The maximum atomic E-state index is 4.66. The van der Waals surface area contributed by atoms with Crippen LogP contribution in [0.1, 0.15) is 16.7 Å². The third-order valence-electron chi connectivity index (χ3n) is 5.07. The Hall–Kier alpha value is -2.65. The van der Waals surface area contributed by atoms with Crippen molar-refractivity contribution in [2.75, 3.05) is 26.2 Å². The van der Waals surface area contributed by atoms with Crippen molar-refractivity contribution < 1.29 is 0 Å². The molecule has 0 aromatic heterocycles. The molecule has 0 unspecified atom stereocenters. The van der Waals surface area contributed by atoms with Crippen LogP contribution >= 0.6 is 0 Å². The van der Waals surface area contributed by atoms with Crippen molar-refractivity contribution in [3.63, 3.8) is 0 Å². The Balaban J connectivity index is 1.35.